The molecule has 0 radical (unpaired) electrons. The lowest BCUT2D eigenvalue weighted by Crippen LogP contribution is -2.35. The predicted octanol–water partition coefficient (Wildman–Crippen LogP) is 0.0602. The highest BCUT2D eigenvalue weighted by atomic mass is 32.2. The number of nitro benzene ring substituents is 1. The molecule has 0 bridgehead atoms. The van der Waals surface area contributed by atoms with E-state index in [0.29, 0.717) is 0 Å². The summed E-state index contributed by atoms with van der Waals surface area (Å²) in [4.78, 5) is 9.72. The van der Waals surface area contributed by atoms with Gasteiger partial charge in [-0.1, -0.05) is 0 Å². The molecule has 0 aliphatic carbocycles. The summed E-state index contributed by atoms with van der Waals surface area (Å²) in [6, 6.07) is 3.74. The van der Waals surface area contributed by atoms with E-state index in [1.54, 1.807) is 0 Å². The zero-order chi connectivity index (χ0) is 15.0. The van der Waals surface area contributed by atoms with Gasteiger partial charge in [0.1, 0.15) is 0 Å². The van der Waals surface area contributed by atoms with Crippen LogP contribution >= 0.6 is 0 Å². The van der Waals surface area contributed by atoms with Crippen LogP contribution in [0.1, 0.15) is 6.42 Å². The summed E-state index contributed by atoms with van der Waals surface area (Å²) >= 11 is 0. The van der Waals surface area contributed by atoms with E-state index in [9.17, 15) is 26.9 Å². The fraction of sp³-hybridized carbons (Fsp3) is 0.400. The summed E-state index contributed by atoms with van der Waals surface area (Å²) in [6.07, 6.45) is 0.231. The number of hydrogen-bond donors (Lipinski definition) is 1. The van der Waals surface area contributed by atoms with Gasteiger partial charge in [0, 0.05) is 18.2 Å². The van der Waals surface area contributed by atoms with E-state index >= 15 is 0 Å². The van der Waals surface area contributed by atoms with Crippen LogP contribution in [0.15, 0.2) is 29.2 Å². The van der Waals surface area contributed by atoms with Gasteiger partial charge in [0.2, 0.25) is 10.0 Å². The van der Waals surface area contributed by atoms with Crippen LogP contribution in [0.2, 0.25) is 0 Å². The van der Waals surface area contributed by atoms with Crippen LogP contribution in [0.4, 0.5) is 5.69 Å². The Balaban J connectivity index is 2.16. The lowest BCUT2D eigenvalue weighted by molar-refractivity contribution is -0.384. The van der Waals surface area contributed by atoms with Gasteiger partial charge in [-0.2, -0.15) is 0 Å². The van der Waals surface area contributed by atoms with Crippen molar-refractivity contribution in [1.82, 2.24) is 4.72 Å². The molecule has 20 heavy (non-hydrogen) atoms. The van der Waals surface area contributed by atoms with Crippen molar-refractivity contribution in [3.8, 4) is 0 Å². The van der Waals surface area contributed by atoms with Gasteiger partial charge in [0.15, 0.2) is 9.84 Å². The number of sulfonamides is 1. The topological polar surface area (TPSA) is 123 Å². The van der Waals surface area contributed by atoms with Crippen LogP contribution in [0.5, 0.6) is 0 Å². The van der Waals surface area contributed by atoms with Gasteiger partial charge >= 0.3 is 0 Å². The summed E-state index contributed by atoms with van der Waals surface area (Å²) in [6.45, 7) is 0. The van der Waals surface area contributed by atoms with E-state index in [-0.39, 0.29) is 28.5 Å². The van der Waals surface area contributed by atoms with Crippen molar-refractivity contribution in [2.24, 2.45) is 0 Å². The Hall–Kier alpha value is -1.52. The number of non-ortho nitro benzene ring substituents is 1. The van der Waals surface area contributed by atoms with Crippen molar-refractivity contribution in [2.45, 2.75) is 17.4 Å². The minimum atomic E-state index is -3.87. The van der Waals surface area contributed by atoms with Crippen molar-refractivity contribution in [1.29, 1.82) is 0 Å². The average Bonchev–Trinajstić information content (AvgIpc) is 2.68. The molecule has 0 unspecified atom stereocenters. The molecule has 8 nitrogen and oxygen atoms in total. The third kappa shape index (κ3) is 3.32. The lowest BCUT2D eigenvalue weighted by atomic mass is 10.3. The maximum atomic E-state index is 12.0. The molecule has 1 fully saturated rings. The summed E-state index contributed by atoms with van der Waals surface area (Å²) in [5, 5.41) is 10.5. The molecule has 110 valence electrons. The first-order valence-corrected chi connectivity index (χ1v) is 8.97. The largest absolute Gasteiger partial charge is 0.269 e. The number of sulfone groups is 1. The summed E-state index contributed by atoms with van der Waals surface area (Å²) in [5.41, 5.74) is -0.215. The normalized spacial score (nSPS) is 21.7. The van der Waals surface area contributed by atoms with Gasteiger partial charge in [-0.15, -0.1) is 0 Å². The first-order valence-electron chi connectivity index (χ1n) is 5.67. The number of nitrogens with one attached hydrogen (secondary N) is 1. The maximum Gasteiger partial charge on any atom is 0.269 e. The second-order valence-electron chi connectivity index (χ2n) is 4.47. The number of benzene rings is 1. The van der Waals surface area contributed by atoms with Crippen LogP contribution in [-0.4, -0.2) is 39.3 Å². The molecule has 1 aromatic rings. The quantitative estimate of drug-likeness (QED) is 0.618. The van der Waals surface area contributed by atoms with E-state index in [2.05, 4.69) is 4.72 Å². The molecule has 10 heteroatoms. The van der Waals surface area contributed by atoms with Crippen LogP contribution in [0.3, 0.4) is 0 Å². The van der Waals surface area contributed by atoms with Crippen LogP contribution in [-0.2, 0) is 19.9 Å². The number of nitrogens with zero attached hydrogens (tertiary/aromatic N) is 1. The molecule has 1 aliphatic heterocycles. The van der Waals surface area contributed by atoms with Gasteiger partial charge in [-0.25, -0.2) is 21.6 Å². The van der Waals surface area contributed by atoms with E-state index in [1.165, 1.54) is 0 Å². The minimum absolute atomic E-state index is 0.0412. The van der Waals surface area contributed by atoms with E-state index in [4.69, 9.17) is 0 Å². The predicted molar refractivity (Wildman–Crippen MR) is 70.5 cm³/mol. The highest BCUT2D eigenvalue weighted by Gasteiger charge is 2.31. The standard InChI is InChI=1S/C10H12N2O6S2/c13-12(14)9-1-3-10(4-2-9)20(17,18)11-8-5-6-19(15,16)7-8/h1-4,8,11H,5-7H2/t8-/m1/s1. The zero-order valence-electron chi connectivity index (χ0n) is 10.2. The van der Waals surface area contributed by atoms with Crippen molar-refractivity contribution >= 4 is 25.5 Å². The fourth-order valence-corrected chi connectivity index (χ4v) is 4.97. The molecule has 1 aromatic carbocycles. The Bertz CT molecular complexity index is 724. The second-order valence-corrected chi connectivity index (χ2v) is 8.41. The van der Waals surface area contributed by atoms with Crippen molar-refractivity contribution in [3.63, 3.8) is 0 Å². The molecule has 0 spiro atoms. The average molecular weight is 320 g/mol. The summed E-state index contributed by atoms with van der Waals surface area (Å²) in [7, 11) is -7.06. The van der Waals surface area contributed by atoms with Gasteiger partial charge in [-0.3, -0.25) is 10.1 Å². The van der Waals surface area contributed by atoms with Crippen LogP contribution < -0.4 is 4.72 Å². The van der Waals surface area contributed by atoms with Gasteiger partial charge in [0.25, 0.3) is 5.69 Å². The molecule has 1 atom stereocenters. The molecule has 1 N–H and O–H groups in total. The SMILES string of the molecule is O=[N+]([O-])c1ccc(S(=O)(=O)N[C@@H]2CCS(=O)(=O)C2)cc1. The monoisotopic (exact) mass is 320 g/mol. The molecule has 1 aliphatic rings. The Kier molecular flexibility index (Phi) is 3.80. The smallest absolute Gasteiger partial charge is 0.258 e. The van der Waals surface area contributed by atoms with E-state index in [0.717, 1.165) is 24.3 Å². The third-order valence-corrected chi connectivity index (χ3v) is 6.22. The maximum absolute atomic E-state index is 12.0. The second kappa shape index (κ2) is 5.11. The fourth-order valence-electron chi connectivity index (χ4n) is 1.92. The van der Waals surface area contributed by atoms with Gasteiger partial charge in [0.05, 0.1) is 21.3 Å². The minimum Gasteiger partial charge on any atom is -0.258 e. The number of hydrogen-bond acceptors (Lipinski definition) is 6. The van der Waals surface area contributed by atoms with Crippen molar-refractivity contribution in [2.75, 3.05) is 11.5 Å². The number of nitro groups is 1. The molecular formula is C10H12N2O6S2. The van der Waals surface area contributed by atoms with E-state index < -0.39 is 30.8 Å². The molecule has 0 amide bonds. The molecule has 1 saturated heterocycles. The summed E-state index contributed by atoms with van der Waals surface area (Å²) < 4.78 is 48.9. The van der Waals surface area contributed by atoms with Crippen LogP contribution in [0.25, 0.3) is 0 Å². The van der Waals surface area contributed by atoms with Gasteiger partial charge < -0.3 is 0 Å². The van der Waals surface area contributed by atoms with Crippen LogP contribution in [0, 0.1) is 10.1 Å². The Labute approximate surface area is 115 Å². The number of rotatable bonds is 4. The van der Waals surface area contributed by atoms with Crippen molar-refractivity contribution in [3.05, 3.63) is 34.4 Å². The first-order chi connectivity index (χ1) is 9.20. The Morgan fingerprint density at radius 2 is 1.85 bits per heavy atom. The lowest BCUT2D eigenvalue weighted by Gasteiger charge is -2.11. The zero-order valence-corrected chi connectivity index (χ0v) is 11.9. The highest BCUT2D eigenvalue weighted by molar-refractivity contribution is 7.92. The highest BCUT2D eigenvalue weighted by Crippen LogP contribution is 2.18. The summed E-state index contributed by atoms with van der Waals surface area (Å²) in [5.74, 6) is -0.264. The third-order valence-electron chi connectivity index (χ3n) is 2.91. The molecule has 0 aromatic heterocycles. The molecular weight excluding hydrogens is 308 g/mol. The van der Waals surface area contributed by atoms with Crippen molar-refractivity contribution < 1.29 is 21.8 Å². The molecule has 1 heterocycles. The first kappa shape index (κ1) is 14.9. The molecule has 0 saturated carbocycles. The Morgan fingerprint density at radius 1 is 1.25 bits per heavy atom. The van der Waals surface area contributed by atoms with Gasteiger partial charge in [-0.05, 0) is 18.6 Å². The molecule has 2 rings (SSSR count). The Morgan fingerprint density at radius 3 is 2.30 bits per heavy atom. The van der Waals surface area contributed by atoms with E-state index in [1.807, 2.05) is 0 Å².